The molecule has 0 unspecified atom stereocenters. The van der Waals surface area contributed by atoms with E-state index in [9.17, 15) is 0 Å². The number of nitrogens with zero attached hydrogens (tertiary/aromatic N) is 3. The lowest BCUT2D eigenvalue weighted by molar-refractivity contribution is 0.293. The van der Waals surface area contributed by atoms with Crippen molar-refractivity contribution in [2.75, 3.05) is 25.0 Å². The fourth-order valence-electron chi connectivity index (χ4n) is 1.89. The van der Waals surface area contributed by atoms with Crippen LogP contribution < -0.4 is 5.32 Å². The molecule has 4 heteroatoms. The van der Waals surface area contributed by atoms with E-state index in [0.29, 0.717) is 6.04 Å². The first-order valence-corrected chi connectivity index (χ1v) is 6.67. The Morgan fingerprint density at radius 3 is 2.65 bits per heavy atom. The minimum atomic E-state index is 0.430. The Kier molecular flexibility index (Phi) is 6.05. The molecular formula is C13H26N4. The van der Waals surface area contributed by atoms with Crippen LogP contribution in [0.25, 0.3) is 0 Å². The molecule has 0 saturated carbocycles. The average Bonchev–Trinajstić information content (AvgIpc) is 2.71. The van der Waals surface area contributed by atoms with Gasteiger partial charge in [-0.3, -0.25) is 0 Å². The highest BCUT2D eigenvalue weighted by atomic mass is 15.2. The van der Waals surface area contributed by atoms with E-state index >= 15 is 0 Å². The summed E-state index contributed by atoms with van der Waals surface area (Å²) in [6.07, 6.45) is 5.08. The Morgan fingerprint density at radius 1 is 1.35 bits per heavy atom. The van der Waals surface area contributed by atoms with E-state index in [1.165, 1.54) is 6.42 Å². The zero-order valence-corrected chi connectivity index (χ0v) is 11.6. The molecule has 0 radical (unpaired) electrons. The molecule has 0 bridgehead atoms. The van der Waals surface area contributed by atoms with Crippen LogP contribution in [-0.2, 0) is 6.54 Å². The maximum Gasteiger partial charge on any atom is 0.202 e. The lowest BCUT2D eigenvalue weighted by Gasteiger charge is -2.18. The minimum absolute atomic E-state index is 0.430. The van der Waals surface area contributed by atoms with Gasteiger partial charge in [0.05, 0.1) is 0 Å². The van der Waals surface area contributed by atoms with Crippen molar-refractivity contribution in [3.8, 4) is 0 Å². The molecule has 1 aromatic rings. The second-order valence-corrected chi connectivity index (χ2v) is 4.62. The fourth-order valence-corrected chi connectivity index (χ4v) is 1.89. The van der Waals surface area contributed by atoms with Gasteiger partial charge in [-0.25, -0.2) is 4.98 Å². The van der Waals surface area contributed by atoms with E-state index in [2.05, 4.69) is 47.5 Å². The van der Waals surface area contributed by atoms with Gasteiger partial charge in [0.2, 0.25) is 5.95 Å². The number of aryl methyl sites for hydroxylation is 1. The maximum absolute atomic E-state index is 4.33. The van der Waals surface area contributed by atoms with Crippen molar-refractivity contribution in [1.82, 2.24) is 14.5 Å². The first-order chi connectivity index (χ1) is 8.17. The van der Waals surface area contributed by atoms with Crippen LogP contribution in [0.15, 0.2) is 12.4 Å². The number of imidazole rings is 1. The molecule has 4 nitrogen and oxygen atoms in total. The predicted molar refractivity (Wildman–Crippen MR) is 73.4 cm³/mol. The van der Waals surface area contributed by atoms with E-state index in [1.54, 1.807) is 0 Å². The van der Waals surface area contributed by atoms with Crippen molar-refractivity contribution in [1.29, 1.82) is 0 Å². The number of hydrogen-bond donors (Lipinski definition) is 1. The summed E-state index contributed by atoms with van der Waals surface area (Å²) in [6, 6.07) is 0.430. The van der Waals surface area contributed by atoms with Crippen molar-refractivity contribution in [2.45, 2.75) is 46.7 Å². The molecular weight excluding hydrogens is 212 g/mol. The van der Waals surface area contributed by atoms with Crippen LogP contribution in [0, 0.1) is 0 Å². The van der Waals surface area contributed by atoms with Crippen LogP contribution >= 0.6 is 0 Å². The first kappa shape index (κ1) is 14.0. The third-order valence-electron chi connectivity index (χ3n) is 2.90. The Bertz CT molecular complexity index is 302. The quantitative estimate of drug-likeness (QED) is 0.755. The summed E-state index contributed by atoms with van der Waals surface area (Å²) >= 11 is 0. The number of rotatable bonds is 8. The number of anilines is 1. The third-order valence-corrected chi connectivity index (χ3v) is 2.90. The van der Waals surface area contributed by atoms with Crippen LogP contribution in [0.5, 0.6) is 0 Å². The highest BCUT2D eigenvalue weighted by Crippen LogP contribution is 2.07. The SMILES string of the molecule is CCN(CC)CCCn1ccnc1NC(C)C. The molecule has 0 atom stereocenters. The highest BCUT2D eigenvalue weighted by molar-refractivity contribution is 5.26. The van der Waals surface area contributed by atoms with Gasteiger partial charge in [0.15, 0.2) is 0 Å². The molecule has 0 saturated heterocycles. The third kappa shape index (κ3) is 4.77. The molecule has 0 aliphatic carbocycles. The smallest absolute Gasteiger partial charge is 0.202 e. The molecule has 1 aromatic heterocycles. The van der Waals surface area contributed by atoms with Gasteiger partial charge in [-0.05, 0) is 39.9 Å². The lowest BCUT2D eigenvalue weighted by Crippen LogP contribution is -2.25. The summed E-state index contributed by atoms with van der Waals surface area (Å²) in [5.41, 5.74) is 0. The van der Waals surface area contributed by atoms with Gasteiger partial charge in [-0.15, -0.1) is 0 Å². The Hall–Kier alpha value is -1.03. The summed E-state index contributed by atoms with van der Waals surface area (Å²) in [5, 5.41) is 3.36. The van der Waals surface area contributed by atoms with Gasteiger partial charge in [-0.1, -0.05) is 13.8 Å². The molecule has 0 aromatic carbocycles. The van der Waals surface area contributed by atoms with Crippen molar-refractivity contribution in [2.24, 2.45) is 0 Å². The summed E-state index contributed by atoms with van der Waals surface area (Å²) in [5.74, 6) is 0.986. The topological polar surface area (TPSA) is 33.1 Å². The molecule has 98 valence electrons. The summed E-state index contributed by atoms with van der Waals surface area (Å²) in [6.45, 7) is 13.2. The van der Waals surface area contributed by atoms with Crippen molar-refractivity contribution < 1.29 is 0 Å². The standard InChI is InChI=1S/C13H26N4/c1-5-16(6-2)9-7-10-17-11-8-14-13(17)15-12(3)4/h8,11-12H,5-7,9-10H2,1-4H3,(H,14,15). The van der Waals surface area contributed by atoms with E-state index in [4.69, 9.17) is 0 Å². The van der Waals surface area contributed by atoms with Crippen molar-refractivity contribution in [3.05, 3.63) is 12.4 Å². The van der Waals surface area contributed by atoms with E-state index in [-0.39, 0.29) is 0 Å². The molecule has 1 N–H and O–H groups in total. The summed E-state index contributed by atoms with van der Waals surface area (Å²) in [7, 11) is 0. The van der Waals surface area contributed by atoms with Gasteiger partial charge < -0.3 is 14.8 Å². The predicted octanol–water partition coefficient (Wildman–Crippen LogP) is 2.44. The Balaban J connectivity index is 2.38. The summed E-state index contributed by atoms with van der Waals surface area (Å²) < 4.78 is 2.20. The van der Waals surface area contributed by atoms with Gasteiger partial charge >= 0.3 is 0 Å². The summed E-state index contributed by atoms with van der Waals surface area (Å²) in [4.78, 5) is 6.78. The van der Waals surface area contributed by atoms with E-state index < -0.39 is 0 Å². The van der Waals surface area contributed by atoms with Gasteiger partial charge in [0.1, 0.15) is 0 Å². The number of aromatic nitrogens is 2. The largest absolute Gasteiger partial charge is 0.353 e. The number of hydrogen-bond acceptors (Lipinski definition) is 3. The molecule has 0 aliphatic heterocycles. The van der Waals surface area contributed by atoms with Crippen LogP contribution in [0.3, 0.4) is 0 Å². The number of nitrogens with one attached hydrogen (secondary N) is 1. The maximum atomic E-state index is 4.33. The molecule has 1 rings (SSSR count). The molecule has 17 heavy (non-hydrogen) atoms. The second-order valence-electron chi connectivity index (χ2n) is 4.62. The monoisotopic (exact) mass is 238 g/mol. The highest BCUT2D eigenvalue weighted by Gasteiger charge is 2.04. The average molecular weight is 238 g/mol. The molecule has 0 fully saturated rings. The first-order valence-electron chi connectivity index (χ1n) is 6.67. The van der Waals surface area contributed by atoms with Crippen molar-refractivity contribution in [3.63, 3.8) is 0 Å². The van der Waals surface area contributed by atoms with Gasteiger partial charge in [-0.2, -0.15) is 0 Å². The Morgan fingerprint density at radius 2 is 2.06 bits per heavy atom. The Labute approximate surface area is 105 Å². The fraction of sp³-hybridized carbons (Fsp3) is 0.769. The van der Waals surface area contributed by atoms with Gasteiger partial charge in [0, 0.05) is 25.0 Å². The van der Waals surface area contributed by atoms with Crippen LogP contribution in [0.2, 0.25) is 0 Å². The van der Waals surface area contributed by atoms with E-state index in [0.717, 1.165) is 32.1 Å². The zero-order valence-electron chi connectivity index (χ0n) is 11.6. The van der Waals surface area contributed by atoms with Crippen LogP contribution in [0.1, 0.15) is 34.1 Å². The van der Waals surface area contributed by atoms with Crippen molar-refractivity contribution >= 4 is 5.95 Å². The molecule has 0 aliphatic rings. The van der Waals surface area contributed by atoms with Crippen LogP contribution in [0.4, 0.5) is 5.95 Å². The minimum Gasteiger partial charge on any atom is -0.353 e. The van der Waals surface area contributed by atoms with Crippen LogP contribution in [-0.4, -0.2) is 40.1 Å². The second kappa shape index (κ2) is 7.33. The lowest BCUT2D eigenvalue weighted by atomic mass is 10.3. The molecule has 0 spiro atoms. The van der Waals surface area contributed by atoms with Gasteiger partial charge in [0.25, 0.3) is 0 Å². The zero-order chi connectivity index (χ0) is 12.7. The normalized spacial score (nSPS) is 11.4. The van der Waals surface area contributed by atoms with E-state index in [1.807, 2.05) is 12.4 Å². The molecule has 0 amide bonds. The molecule has 1 heterocycles.